The summed E-state index contributed by atoms with van der Waals surface area (Å²) >= 11 is 0. The van der Waals surface area contributed by atoms with Crippen molar-refractivity contribution in [3.63, 3.8) is 0 Å². The second-order valence-corrected chi connectivity index (χ2v) is 9.12. The van der Waals surface area contributed by atoms with E-state index in [2.05, 4.69) is 26.0 Å². The van der Waals surface area contributed by atoms with Crippen LogP contribution < -0.4 is 0 Å². The van der Waals surface area contributed by atoms with Gasteiger partial charge in [-0.3, -0.25) is 9.36 Å². The Balaban J connectivity index is 2.25. The Hall–Kier alpha value is -1.01. The SMILES string of the molecule is CCCCCCCC(P=O)C1(C(=O)c2c(C)cc(C)cc2C)CCCC1. The van der Waals surface area contributed by atoms with Crippen molar-refractivity contribution in [3.8, 4) is 0 Å². The van der Waals surface area contributed by atoms with Crippen molar-refractivity contribution < 1.29 is 9.36 Å². The first-order chi connectivity index (χ1) is 12.5. The normalized spacial score (nSPS) is 17.5. The van der Waals surface area contributed by atoms with Crippen molar-refractivity contribution in [2.24, 2.45) is 5.41 Å². The Morgan fingerprint density at radius 3 is 2.15 bits per heavy atom. The number of Topliss-reactive ketones (excluding diaryl/α,β-unsaturated/α-hetero) is 1. The summed E-state index contributed by atoms with van der Waals surface area (Å²) in [5.74, 6) is 0.256. The van der Waals surface area contributed by atoms with E-state index >= 15 is 0 Å². The van der Waals surface area contributed by atoms with Gasteiger partial charge in [0.2, 0.25) is 0 Å². The Bertz CT molecular complexity index is 606. The van der Waals surface area contributed by atoms with Gasteiger partial charge >= 0.3 is 0 Å². The van der Waals surface area contributed by atoms with Gasteiger partial charge in [-0.1, -0.05) is 69.6 Å². The van der Waals surface area contributed by atoms with Crippen LogP contribution in [0.25, 0.3) is 0 Å². The number of aryl methyl sites for hydroxylation is 3. The third-order valence-corrected chi connectivity index (χ3v) is 7.21. The summed E-state index contributed by atoms with van der Waals surface area (Å²) in [7, 11) is 0.161. The van der Waals surface area contributed by atoms with Gasteiger partial charge in [0.05, 0.1) is 5.66 Å². The molecule has 2 nitrogen and oxygen atoms in total. The molecular formula is C23H35O2P. The highest BCUT2D eigenvalue weighted by atomic mass is 31.1. The number of benzene rings is 1. The summed E-state index contributed by atoms with van der Waals surface area (Å²) in [4.78, 5) is 13.7. The molecule has 1 atom stereocenters. The van der Waals surface area contributed by atoms with Crippen molar-refractivity contribution in [1.82, 2.24) is 0 Å². The Labute approximate surface area is 161 Å². The molecule has 0 heterocycles. The zero-order valence-electron chi connectivity index (χ0n) is 17.1. The molecule has 0 radical (unpaired) electrons. The fraction of sp³-hybridized carbons (Fsp3) is 0.696. The zero-order valence-corrected chi connectivity index (χ0v) is 18.0. The lowest BCUT2D eigenvalue weighted by atomic mass is 9.72. The highest BCUT2D eigenvalue weighted by molar-refractivity contribution is 7.24. The predicted molar refractivity (Wildman–Crippen MR) is 111 cm³/mol. The summed E-state index contributed by atoms with van der Waals surface area (Å²) in [6.07, 6.45) is 10.9. The minimum absolute atomic E-state index is 0.0285. The predicted octanol–water partition coefficient (Wildman–Crippen LogP) is 7.38. The summed E-state index contributed by atoms with van der Waals surface area (Å²) < 4.78 is 12.1. The van der Waals surface area contributed by atoms with Crippen LogP contribution >= 0.6 is 8.46 Å². The van der Waals surface area contributed by atoms with Crippen molar-refractivity contribution in [2.75, 3.05) is 0 Å². The first-order valence-electron chi connectivity index (χ1n) is 10.4. The minimum atomic E-state index is -0.418. The molecule has 0 spiro atoms. The molecule has 1 saturated carbocycles. The van der Waals surface area contributed by atoms with Gasteiger partial charge in [-0.15, -0.1) is 0 Å². The second-order valence-electron chi connectivity index (χ2n) is 8.29. The maximum Gasteiger partial charge on any atom is 0.170 e. The second kappa shape index (κ2) is 9.79. The molecule has 3 heteroatoms. The van der Waals surface area contributed by atoms with Crippen LogP contribution in [0.1, 0.15) is 98.2 Å². The first-order valence-corrected chi connectivity index (χ1v) is 11.3. The van der Waals surface area contributed by atoms with Gasteiger partial charge in [-0.05, 0) is 51.2 Å². The third-order valence-electron chi connectivity index (χ3n) is 6.20. The van der Waals surface area contributed by atoms with Crippen molar-refractivity contribution in [2.45, 2.75) is 97.6 Å². The Kier molecular flexibility index (Phi) is 8.02. The van der Waals surface area contributed by atoms with Gasteiger partial charge in [0.25, 0.3) is 0 Å². The van der Waals surface area contributed by atoms with E-state index in [1.165, 1.54) is 31.2 Å². The molecule has 0 saturated heterocycles. The first kappa shape index (κ1) is 21.3. The van der Waals surface area contributed by atoms with E-state index in [0.717, 1.165) is 55.2 Å². The number of unbranched alkanes of at least 4 members (excludes halogenated alkanes) is 4. The molecule has 1 fully saturated rings. The molecule has 1 aromatic carbocycles. The van der Waals surface area contributed by atoms with E-state index in [0.29, 0.717) is 0 Å². The minimum Gasteiger partial charge on any atom is -0.293 e. The fourth-order valence-corrected chi connectivity index (χ4v) is 5.74. The average Bonchev–Trinajstić information content (AvgIpc) is 3.08. The molecule has 2 rings (SSSR count). The van der Waals surface area contributed by atoms with Gasteiger partial charge in [0.1, 0.15) is 0 Å². The number of hydrogen-bond acceptors (Lipinski definition) is 2. The number of hydrogen-bond donors (Lipinski definition) is 0. The molecule has 1 unspecified atom stereocenters. The van der Waals surface area contributed by atoms with Crippen molar-refractivity contribution in [1.29, 1.82) is 0 Å². The highest BCUT2D eigenvalue weighted by Gasteiger charge is 2.48. The molecular weight excluding hydrogens is 339 g/mol. The average molecular weight is 375 g/mol. The van der Waals surface area contributed by atoms with Crippen LogP contribution in [0.4, 0.5) is 0 Å². The smallest absolute Gasteiger partial charge is 0.170 e. The van der Waals surface area contributed by atoms with Crippen LogP contribution in [-0.4, -0.2) is 11.4 Å². The number of ketones is 1. The van der Waals surface area contributed by atoms with Crippen LogP contribution in [-0.2, 0) is 4.57 Å². The molecule has 1 aliphatic carbocycles. The zero-order chi connectivity index (χ0) is 19.2. The van der Waals surface area contributed by atoms with Gasteiger partial charge in [-0.2, -0.15) is 0 Å². The molecule has 0 bridgehead atoms. The summed E-state index contributed by atoms with van der Waals surface area (Å²) in [6.45, 7) is 8.39. The van der Waals surface area contributed by atoms with E-state index in [1.54, 1.807) is 0 Å². The molecule has 0 N–H and O–H groups in total. The summed E-state index contributed by atoms with van der Waals surface area (Å²) in [5, 5.41) is 0. The van der Waals surface area contributed by atoms with Crippen LogP contribution in [0.15, 0.2) is 12.1 Å². The van der Waals surface area contributed by atoms with E-state index in [-0.39, 0.29) is 19.9 Å². The molecule has 0 aromatic heterocycles. The maximum absolute atomic E-state index is 13.7. The van der Waals surface area contributed by atoms with Gasteiger partial charge < -0.3 is 0 Å². The molecule has 26 heavy (non-hydrogen) atoms. The lowest BCUT2D eigenvalue weighted by Gasteiger charge is -2.33. The number of carbonyl (C=O) groups is 1. The Morgan fingerprint density at radius 2 is 1.62 bits per heavy atom. The molecule has 144 valence electrons. The number of rotatable bonds is 10. The molecule has 1 aromatic rings. The molecule has 0 aliphatic heterocycles. The van der Waals surface area contributed by atoms with E-state index in [4.69, 9.17) is 0 Å². The fourth-order valence-electron chi connectivity index (χ4n) is 4.88. The van der Waals surface area contributed by atoms with Crippen molar-refractivity contribution >= 4 is 14.2 Å². The van der Waals surface area contributed by atoms with Gasteiger partial charge in [-0.25, -0.2) is 0 Å². The van der Waals surface area contributed by atoms with Gasteiger partial charge in [0.15, 0.2) is 14.2 Å². The lowest BCUT2D eigenvalue weighted by molar-refractivity contribution is 0.0784. The standard InChI is InChI=1S/C23H35O2P/c1-5-6-7-8-9-12-20(26-25)23(13-10-11-14-23)22(24)21-18(3)15-17(2)16-19(21)4/h15-16,20H,5-14H2,1-4H3. The van der Waals surface area contributed by atoms with E-state index in [9.17, 15) is 9.36 Å². The van der Waals surface area contributed by atoms with Crippen molar-refractivity contribution in [3.05, 3.63) is 34.4 Å². The third kappa shape index (κ3) is 4.63. The highest BCUT2D eigenvalue weighted by Crippen LogP contribution is 2.50. The maximum atomic E-state index is 13.7. The molecule has 1 aliphatic rings. The lowest BCUT2D eigenvalue weighted by Crippen LogP contribution is -2.38. The quantitative estimate of drug-likeness (QED) is 0.243. The monoisotopic (exact) mass is 374 g/mol. The Morgan fingerprint density at radius 1 is 1.04 bits per heavy atom. The van der Waals surface area contributed by atoms with Crippen LogP contribution in [0.5, 0.6) is 0 Å². The van der Waals surface area contributed by atoms with Crippen LogP contribution in [0, 0.1) is 26.2 Å². The summed E-state index contributed by atoms with van der Waals surface area (Å²) in [6, 6.07) is 4.22. The topological polar surface area (TPSA) is 34.1 Å². The number of carbonyl (C=O) groups excluding carboxylic acids is 1. The van der Waals surface area contributed by atoms with E-state index < -0.39 is 5.41 Å². The summed E-state index contributed by atoms with van der Waals surface area (Å²) in [5.41, 5.74) is 3.78. The largest absolute Gasteiger partial charge is 0.293 e. The van der Waals surface area contributed by atoms with Crippen LogP contribution in [0.3, 0.4) is 0 Å². The van der Waals surface area contributed by atoms with Gasteiger partial charge in [0, 0.05) is 11.0 Å². The molecule has 0 amide bonds. The van der Waals surface area contributed by atoms with E-state index in [1.807, 2.05) is 13.8 Å². The van der Waals surface area contributed by atoms with Crippen LogP contribution in [0.2, 0.25) is 0 Å².